The fourth-order valence-electron chi connectivity index (χ4n) is 1.75. The quantitative estimate of drug-likeness (QED) is 0.275. The third-order valence-electron chi connectivity index (χ3n) is 2.48. The molecule has 0 amide bonds. The number of aromatic nitrogens is 1. The van der Waals surface area contributed by atoms with Crippen molar-refractivity contribution in [1.29, 1.82) is 0 Å². The highest BCUT2D eigenvalue weighted by Crippen LogP contribution is 2.16. The van der Waals surface area contributed by atoms with Crippen molar-refractivity contribution in [2.45, 2.75) is 20.8 Å². The van der Waals surface area contributed by atoms with Gasteiger partial charge in [0.25, 0.3) is 0 Å². The third kappa shape index (κ3) is 4.98. The van der Waals surface area contributed by atoms with Crippen LogP contribution in [0.2, 0.25) is 0 Å². The zero-order valence-corrected chi connectivity index (χ0v) is 13.8. The van der Waals surface area contributed by atoms with E-state index in [-0.39, 0.29) is 5.97 Å². The first-order chi connectivity index (χ1) is 9.47. The number of thioether (sulfide) groups is 1. The summed E-state index contributed by atoms with van der Waals surface area (Å²) in [5.41, 5.74) is 3.07. The van der Waals surface area contributed by atoms with Gasteiger partial charge in [-0.1, -0.05) is 4.24 Å². The van der Waals surface area contributed by atoms with E-state index in [0.29, 0.717) is 6.61 Å². The lowest BCUT2D eigenvalue weighted by atomic mass is 10.2. The second kappa shape index (κ2) is 8.07. The molecule has 0 radical (unpaired) electrons. The standard InChI is InChI=1S/C15H19NO2S2/c1-5-18-14(17)7-6-13(15(19)20-4)16-9-11(2)8-12(3)10-16/h6-10H,5H2,1-4H3. The van der Waals surface area contributed by atoms with Gasteiger partial charge in [-0.15, -0.1) is 0 Å². The van der Waals surface area contributed by atoms with Gasteiger partial charge in [0.05, 0.1) is 6.61 Å². The number of rotatable bonds is 5. The first-order valence-corrected chi connectivity index (χ1v) is 7.91. The monoisotopic (exact) mass is 309 g/mol. The number of aryl methyl sites for hydroxylation is 2. The number of hydrogen-bond donors (Lipinski definition) is 0. The van der Waals surface area contributed by atoms with Crippen molar-refractivity contribution in [3.8, 4) is 0 Å². The number of carbonyl (C=O) groups is 1. The molecule has 1 heterocycles. The Kier molecular flexibility index (Phi) is 6.75. The van der Waals surface area contributed by atoms with Gasteiger partial charge in [-0.05, 0) is 33.1 Å². The van der Waals surface area contributed by atoms with E-state index in [1.807, 2.05) is 37.1 Å². The molecule has 3 nitrogen and oxygen atoms in total. The molecule has 5 heteroatoms. The number of allylic oxidation sites excluding steroid dienone is 2. The van der Waals surface area contributed by atoms with Crippen molar-refractivity contribution in [3.63, 3.8) is 0 Å². The molecule has 0 aliphatic rings. The Morgan fingerprint density at radius 3 is 2.45 bits per heavy atom. The van der Waals surface area contributed by atoms with Gasteiger partial charge in [-0.2, -0.15) is 16.3 Å². The summed E-state index contributed by atoms with van der Waals surface area (Å²) < 4.78 is 7.56. The van der Waals surface area contributed by atoms with E-state index in [4.69, 9.17) is 17.4 Å². The van der Waals surface area contributed by atoms with Crippen LogP contribution in [0.5, 0.6) is 0 Å². The average Bonchev–Trinajstić information content (AvgIpc) is 2.37. The number of ether oxygens (including phenoxy) is 1. The Morgan fingerprint density at radius 2 is 1.95 bits per heavy atom. The summed E-state index contributed by atoms with van der Waals surface area (Å²) in [5.74, 6) is -0.362. The number of pyridine rings is 1. The molecule has 1 aromatic rings. The molecule has 0 fully saturated rings. The van der Waals surface area contributed by atoms with Crippen molar-refractivity contribution in [3.05, 3.63) is 46.0 Å². The Labute approximate surface area is 130 Å². The van der Waals surface area contributed by atoms with Crippen LogP contribution in [-0.2, 0) is 22.2 Å². The number of nitrogens with zero attached hydrogens (tertiary/aromatic N) is 1. The van der Waals surface area contributed by atoms with Gasteiger partial charge < -0.3 is 17.4 Å². The first-order valence-electron chi connectivity index (χ1n) is 6.28. The maximum absolute atomic E-state index is 11.4. The molecule has 1 aromatic heterocycles. The Morgan fingerprint density at radius 1 is 1.35 bits per heavy atom. The summed E-state index contributed by atoms with van der Waals surface area (Å²) in [6.07, 6.45) is 9.01. The van der Waals surface area contributed by atoms with Crippen molar-refractivity contribution in [1.82, 2.24) is 0 Å². The Balaban J connectivity index is 3.18. The van der Waals surface area contributed by atoms with Crippen LogP contribution in [0.3, 0.4) is 0 Å². The topological polar surface area (TPSA) is 30.2 Å². The van der Waals surface area contributed by atoms with Crippen LogP contribution in [0, 0.1) is 13.8 Å². The van der Waals surface area contributed by atoms with Crippen LogP contribution in [0.1, 0.15) is 18.1 Å². The average molecular weight is 309 g/mol. The molecule has 0 aromatic carbocycles. The van der Waals surface area contributed by atoms with Gasteiger partial charge in [0.2, 0.25) is 0 Å². The molecule has 20 heavy (non-hydrogen) atoms. The van der Waals surface area contributed by atoms with Crippen molar-refractivity contribution in [2.24, 2.45) is 0 Å². The van der Waals surface area contributed by atoms with Gasteiger partial charge in [-0.25, -0.2) is 4.79 Å². The van der Waals surface area contributed by atoms with E-state index < -0.39 is 0 Å². The van der Waals surface area contributed by atoms with Crippen molar-refractivity contribution >= 4 is 36.1 Å². The lowest BCUT2D eigenvalue weighted by Gasteiger charge is -2.10. The molecule has 0 spiro atoms. The van der Waals surface area contributed by atoms with Crippen LogP contribution in [0.4, 0.5) is 0 Å². The molecule has 0 saturated carbocycles. The van der Waals surface area contributed by atoms with Gasteiger partial charge in [-0.3, -0.25) is 0 Å². The lowest BCUT2D eigenvalue weighted by Crippen LogP contribution is -2.32. The molecule has 0 saturated heterocycles. The molecule has 0 N–H and O–H groups in total. The summed E-state index contributed by atoms with van der Waals surface area (Å²) in [6.45, 7) is 6.19. The van der Waals surface area contributed by atoms with Gasteiger partial charge >= 0.3 is 5.97 Å². The van der Waals surface area contributed by atoms with Gasteiger partial charge in [0, 0.05) is 23.3 Å². The summed E-state index contributed by atoms with van der Waals surface area (Å²) >= 11 is 6.84. The highest BCUT2D eigenvalue weighted by atomic mass is 32.2. The number of hydrogen-bond acceptors (Lipinski definition) is 4. The molecule has 0 bridgehead atoms. The zero-order valence-electron chi connectivity index (χ0n) is 12.2. The highest BCUT2D eigenvalue weighted by Gasteiger charge is 2.10. The Hall–Kier alpha value is -1.33. The molecule has 0 aliphatic heterocycles. The summed E-state index contributed by atoms with van der Waals surface area (Å²) in [7, 11) is 0. The molecular formula is C15H19NO2S2. The molecule has 1 rings (SSSR count). The van der Waals surface area contributed by atoms with E-state index in [0.717, 1.165) is 21.1 Å². The smallest absolute Gasteiger partial charge is 0.330 e. The maximum Gasteiger partial charge on any atom is 0.330 e. The largest absolute Gasteiger partial charge is 0.767 e. The van der Waals surface area contributed by atoms with E-state index in [9.17, 15) is 4.79 Å². The van der Waals surface area contributed by atoms with Gasteiger partial charge in [0.1, 0.15) is 0 Å². The number of esters is 1. The van der Waals surface area contributed by atoms with E-state index in [1.54, 1.807) is 13.0 Å². The van der Waals surface area contributed by atoms with Crippen LogP contribution in [0.15, 0.2) is 34.8 Å². The first kappa shape index (κ1) is 16.7. The van der Waals surface area contributed by atoms with Crippen LogP contribution < -0.4 is 4.57 Å². The molecule has 108 valence electrons. The van der Waals surface area contributed by atoms with E-state index in [2.05, 4.69) is 6.07 Å². The maximum atomic E-state index is 11.4. The molecule has 0 unspecified atom stereocenters. The van der Waals surface area contributed by atoms with Crippen LogP contribution in [0.25, 0.3) is 5.70 Å². The van der Waals surface area contributed by atoms with Crippen LogP contribution in [-0.4, -0.2) is 18.8 Å². The van der Waals surface area contributed by atoms with Crippen LogP contribution >= 0.6 is 11.8 Å². The molecule has 0 atom stereocenters. The fraction of sp³-hybridized carbons (Fsp3) is 0.333. The predicted octanol–water partition coefficient (Wildman–Crippen LogP) is 2.75. The lowest BCUT2D eigenvalue weighted by molar-refractivity contribution is -0.579. The minimum Gasteiger partial charge on any atom is -0.767 e. The van der Waals surface area contributed by atoms with E-state index >= 15 is 0 Å². The fourth-order valence-corrected chi connectivity index (χ4v) is 2.31. The summed E-state index contributed by atoms with van der Waals surface area (Å²) in [4.78, 5) is 11.4. The minimum atomic E-state index is -0.362. The predicted molar refractivity (Wildman–Crippen MR) is 86.0 cm³/mol. The van der Waals surface area contributed by atoms with Gasteiger partial charge in [0.15, 0.2) is 18.1 Å². The SMILES string of the molecule is CCOC(=O)/C=C/C(=C(/[S-])SC)[n+]1cc(C)cc(C)c1. The molecular weight excluding hydrogens is 290 g/mol. The summed E-state index contributed by atoms with van der Waals surface area (Å²) in [6, 6.07) is 2.09. The second-order valence-corrected chi connectivity index (χ2v) is 5.74. The molecule has 0 aliphatic carbocycles. The van der Waals surface area contributed by atoms with Crippen molar-refractivity contribution < 1.29 is 14.1 Å². The van der Waals surface area contributed by atoms with E-state index in [1.165, 1.54) is 17.8 Å². The highest BCUT2D eigenvalue weighted by molar-refractivity contribution is 8.10. The number of carbonyl (C=O) groups excluding carboxylic acids is 1. The zero-order chi connectivity index (χ0) is 15.1. The minimum absolute atomic E-state index is 0.362. The van der Waals surface area contributed by atoms with Crippen molar-refractivity contribution in [2.75, 3.05) is 12.9 Å². The normalized spacial score (nSPS) is 12.4. The Bertz CT molecular complexity index is 531. The second-order valence-electron chi connectivity index (χ2n) is 4.26. The third-order valence-corrected chi connectivity index (χ3v) is 3.77. The summed E-state index contributed by atoms with van der Waals surface area (Å²) in [5, 5.41) is 0.